The van der Waals surface area contributed by atoms with Gasteiger partial charge in [-0.25, -0.2) is 0 Å². The summed E-state index contributed by atoms with van der Waals surface area (Å²) in [6.07, 6.45) is -0.110. The first-order valence-corrected chi connectivity index (χ1v) is 3.45. The summed E-state index contributed by atoms with van der Waals surface area (Å²) in [7, 11) is 0. The molecule has 3 nitrogen and oxygen atoms in total. The van der Waals surface area contributed by atoms with Gasteiger partial charge in [0.1, 0.15) is 0 Å². The van der Waals surface area contributed by atoms with Crippen LogP contribution < -0.4 is 0 Å². The third-order valence-electron chi connectivity index (χ3n) is 1.35. The van der Waals surface area contributed by atoms with Gasteiger partial charge in [0.05, 0.1) is 0 Å². The molecule has 3 N–H and O–H groups in total. The van der Waals surface area contributed by atoms with Gasteiger partial charge >= 0.3 is 6.75 Å². The second-order valence-corrected chi connectivity index (χ2v) is 2.58. The molecule has 0 unspecified atom stereocenters. The average Bonchev–Trinajstić information content (AvgIpc) is 1.85. The van der Waals surface area contributed by atoms with Crippen LogP contribution in [0.1, 0.15) is 5.56 Å². The van der Waals surface area contributed by atoms with Crippen molar-refractivity contribution in [1.82, 2.24) is 0 Å². The van der Waals surface area contributed by atoms with E-state index in [9.17, 15) is 0 Å². The minimum absolute atomic E-state index is 0.110. The molecule has 0 saturated carbocycles. The van der Waals surface area contributed by atoms with Crippen LogP contribution in [0.15, 0.2) is 30.3 Å². The fourth-order valence-corrected chi connectivity index (χ4v) is 0.930. The molecule has 4 heteroatoms. The predicted octanol–water partition coefficient (Wildman–Crippen LogP) is -0.316. The summed E-state index contributed by atoms with van der Waals surface area (Å²) in [5.41, 5.74) is 0.708. The smallest absolute Gasteiger partial charge is 0.376 e. The zero-order valence-corrected chi connectivity index (χ0v) is 6.01. The van der Waals surface area contributed by atoms with Gasteiger partial charge in [0.15, 0.2) is 0 Å². The maximum Gasteiger partial charge on any atom is 0.376 e. The molecular weight excluding hydrogens is 143 g/mol. The first-order valence-electron chi connectivity index (χ1n) is 3.45. The molecule has 1 rings (SSSR count). The monoisotopic (exact) mass is 153 g/mol. The Morgan fingerprint density at radius 3 is 2.00 bits per heavy atom. The summed E-state index contributed by atoms with van der Waals surface area (Å²) >= 11 is 0. The molecule has 11 heavy (non-hydrogen) atoms. The lowest BCUT2D eigenvalue weighted by molar-refractivity contribution is 0.227. The van der Waals surface area contributed by atoms with Crippen molar-refractivity contribution >= 4 is 6.75 Å². The van der Waals surface area contributed by atoms with Crippen LogP contribution in [-0.2, 0) is 6.32 Å². The van der Waals surface area contributed by atoms with E-state index in [-0.39, 0.29) is 6.32 Å². The van der Waals surface area contributed by atoms with Gasteiger partial charge in [0.25, 0.3) is 0 Å². The molecule has 1 aromatic carbocycles. The second kappa shape index (κ2) is 3.05. The van der Waals surface area contributed by atoms with Crippen molar-refractivity contribution in [3.8, 4) is 0 Å². The molecule has 0 amide bonds. The highest BCUT2D eigenvalue weighted by Gasteiger charge is 2.14. The molecule has 0 atom stereocenters. The van der Waals surface area contributed by atoms with E-state index < -0.39 is 6.75 Å². The van der Waals surface area contributed by atoms with Crippen LogP contribution in [0.3, 0.4) is 0 Å². The molecular formula is C7H10BO3-. The minimum Gasteiger partial charge on any atom is -0.559 e. The van der Waals surface area contributed by atoms with Crippen molar-refractivity contribution in [3.05, 3.63) is 35.9 Å². The molecule has 0 aliphatic heterocycles. The van der Waals surface area contributed by atoms with Gasteiger partial charge in [-0.2, -0.15) is 0 Å². The van der Waals surface area contributed by atoms with E-state index in [0.29, 0.717) is 5.56 Å². The standard InChI is InChI=1S/C7H10BO3/c9-8(10,11)6-7-4-2-1-3-5-7/h1-5,9-11H,6H2/q-1. The first kappa shape index (κ1) is 8.26. The Bertz CT molecular complexity index is 217. The largest absolute Gasteiger partial charge is 0.559 e. The Labute approximate surface area is 64.9 Å². The zero-order chi connectivity index (χ0) is 8.32. The zero-order valence-electron chi connectivity index (χ0n) is 6.01. The molecule has 1 aromatic rings. The van der Waals surface area contributed by atoms with Crippen molar-refractivity contribution in [2.45, 2.75) is 6.32 Å². The SMILES string of the molecule is O[B-](O)(O)Cc1ccccc1. The van der Waals surface area contributed by atoms with Crippen LogP contribution in [0, 0.1) is 0 Å². The molecule has 0 fully saturated rings. The van der Waals surface area contributed by atoms with Crippen molar-refractivity contribution in [3.63, 3.8) is 0 Å². The lowest BCUT2D eigenvalue weighted by atomic mass is 9.73. The number of hydrogen-bond donors (Lipinski definition) is 3. The summed E-state index contributed by atoms with van der Waals surface area (Å²) < 4.78 is 0. The highest BCUT2D eigenvalue weighted by atomic mass is 16.5. The maximum atomic E-state index is 8.64. The number of benzene rings is 1. The minimum atomic E-state index is -3.18. The first-order chi connectivity index (χ1) is 5.08. The highest BCUT2D eigenvalue weighted by molar-refractivity contribution is 6.55. The Hall–Kier alpha value is -0.835. The van der Waals surface area contributed by atoms with E-state index >= 15 is 0 Å². The number of hydrogen-bond acceptors (Lipinski definition) is 3. The molecule has 0 saturated heterocycles. The quantitative estimate of drug-likeness (QED) is 0.510. The fourth-order valence-electron chi connectivity index (χ4n) is 0.930. The van der Waals surface area contributed by atoms with Crippen LogP contribution in [0.25, 0.3) is 0 Å². The van der Waals surface area contributed by atoms with Crippen LogP contribution in [0.4, 0.5) is 0 Å². The molecule has 0 aliphatic rings. The summed E-state index contributed by atoms with van der Waals surface area (Å²) in [5, 5.41) is 25.9. The van der Waals surface area contributed by atoms with E-state index in [1.165, 1.54) is 0 Å². The van der Waals surface area contributed by atoms with Gasteiger partial charge < -0.3 is 15.1 Å². The normalized spacial score (nSPS) is 11.5. The van der Waals surface area contributed by atoms with Crippen LogP contribution >= 0.6 is 0 Å². The topological polar surface area (TPSA) is 60.7 Å². The lowest BCUT2D eigenvalue weighted by Gasteiger charge is -2.19. The summed E-state index contributed by atoms with van der Waals surface area (Å²) in [6.45, 7) is -3.18. The molecule has 0 heterocycles. The van der Waals surface area contributed by atoms with E-state index in [0.717, 1.165) is 0 Å². The Kier molecular flexibility index (Phi) is 2.29. The average molecular weight is 153 g/mol. The highest BCUT2D eigenvalue weighted by Crippen LogP contribution is 2.03. The van der Waals surface area contributed by atoms with Crippen LogP contribution in [-0.4, -0.2) is 21.8 Å². The van der Waals surface area contributed by atoms with Gasteiger partial charge in [-0.3, -0.25) is 0 Å². The Morgan fingerprint density at radius 1 is 1.00 bits per heavy atom. The van der Waals surface area contributed by atoms with Crippen molar-refractivity contribution < 1.29 is 15.1 Å². The molecule has 0 radical (unpaired) electrons. The van der Waals surface area contributed by atoms with Gasteiger partial charge in [-0.1, -0.05) is 42.2 Å². The summed E-state index contributed by atoms with van der Waals surface area (Å²) in [6, 6.07) is 8.82. The van der Waals surface area contributed by atoms with E-state index in [4.69, 9.17) is 15.1 Å². The van der Waals surface area contributed by atoms with E-state index in [1.54, 1.807) is 24.3 Å². The maximum absolute atomic E-state index is 8.64. The molecule has 0 bridgehead atoms. The Morgan fingerprint density at radius 2 is 1.55 bits per heavy atom. The van der Waals surface area contributed by atoms with Crippen LogP contribution in [0.5, 0.6) is 0 Å². The molecule has 0 spiro atoms. The molecule has 60 valence electrons. The molecule has 0 aliphatic carbocycles. The number of rotatable bonds is 2. The lowest BCUT2D eigenvalue weighted by Crippen LogP contribution is -2.37. The van der Waals surface area contributed by atoms with Gasteiger partial charge in [-0.05, 0) is 0 Å². The second-order valence-electron chi connectivity index (χ2n) is 2.58. The van der Waals surface area contributed by atoms with Crippen molar-refractivity contribution in [2.24, 2.45) is 0 Å². The Balaban J connectivity index is 2.66. The summed E-state index contributed by atoms with van der Waals surface area (Å²) in [4.78, 5) is 0. The molecule has 0 aromatic heterocycles. The third-order valence-corrected chi connectivity index (χ3v) is 1.35. The van der Waals surface area contributed by atoms with Crippen molar-refractivity contribution in [1.29, 1.82) is 0 Å². The van der Waals surface area contributed by atoms with Gasteiger partial charge in [0.2, 0.25) is 0 Å². The van der Waals surface area contributed by atoms with Gasteiger partial charge in [-0.15, -0.1) is 0 Å². The fraction of sp³-hybridized carbons (Fsp3) is 0.143. The van der Waals surface area contributed by atoms with Gasteiger partial charge in [0, 0.05) is 0 Å². The van der Waals surface area contributed by atoms with E-state index in [1.807, 2.05) is 6.07 Å². The third kappa shape index (κ3) is 3.18. The summed E-state index contributed by atoms with van der Waals surface area (Å²) in [5.74, 6) is 0. The van der Waals surface area contributed by atoms with E-state index in [2.05, 4.69) is 0 Å². The van der Waals surface area contributed by atoms with Crippen LogP contribution in [0.2, 0.25) is 0 Å². The predicted molar refractivity (Wildman–Crippen MR) is 42.6 cm³/mol. The van der Waals surface area contributed by atoms with Crippen molar-refractivity contribution in [2.75, 3.05) is 0 Å².